The lowest BCUT2D eigenvalue weighted by Gasteiger charge is -2.20. The minimum Gasteiger partial charge on any atom is -0.497 e. The lowest BCUT2D eigenvalue weighted by Crippen LogP contribution is -2.32. The maximum atomic E-state index is 13.5. The third-order valence-corrected chi connectivity index (χ3v) is 6.29. The van der Waals surface area contributed by atoms with Gasteiger partial charge < -0.3 is 9.30 Å². The first-order chi connectivity index (χ1) is 14.6. The Hall–Kier alpha value is -3.19. The van der Waals surface area contributed by atoms with Gasteiger partial charge in [0.25, 0.3) is 5.91 Å². The van der Waals surface area contributed by atoms with E-state index in [0.717, 1.165) is 33.9 Å². The zero-order chi connectivity index (χ0) is 21.1. The van der Waals surface area contributed by atoms with E-state index in [1.165, 1.54) is 5.56 Å². The fourth-order valence-corrected chi connectivity index (χ4v) is 4.53. The average molecular weight is 421 g/mol. The van der Waals surface area contributed by atoms with Crippen LogP contribution in [0.3, 0.4) is 0 Å². The number of ether oxygens (including phenoxy) is 1. The molecule has 1 amide bonds. The molecule has 0 fully saturated rings. The maximum Gasteiger partial charge on any atom is 0.260 e. The second-order valence-corrected chi connectivity index (χ2v) is 8.19. The summed E-state index contributed by atoms with van der Waals surface area (Å²) in [7, 11) is 1.60. The van der Waals surface area contributed by atoms with Gasteiger partial charge in [-0.15, -0.1) is 0 Å². The number of amides is 1. The van der Waals surface area contributed by atoms with Crippen molar-refractivity contribution >= 4 is 32.6 Å². The number of carbonyl (C=O) groups excluding carboxylic acids is 1. The van der Waals surface area contributed by atoms with Crippen LogP contribution in [-0.4, -0.2) is 34.1 Å². The lowest BCUT2D eigenvalue weighted by atomic mass is 10.1. The van der Waals surface area contributed by atoms with Gasteiger partial charge in [0, 0.05) is 31.0 Å². The third kappa shape index (κ3) is 4.07. The standard InChI is InChI=1S/C23H24N4O2S/c1-16-8-9-17(2)21-20(16)25-23(30-21)27(12-5-11-26-13-10-24-15-26)22(28)18-6-4-7-19(14-18)29-3/h4,6-10,13-15H,5,11-12H2,1-3H3. The molecule has 154 valence electrons. The highest BCUT2D eigenvalue weighted by molar-refractivity contribution is 7.22. The van der Waals surface area contributed by atoms with Gasteiger partial charge >= 0.3 is 0 Å². The largest absolute Gasteiger partial charge is 0.497 e. The molecule has 0 saturated heterocycles. The second-order valence-electron chi connectivity index (χ2n) is 7.22. The molecule has 0 radical (unpaired) electrons. The summed E-state index contributed by atoms with van der Waals surface area (Å²) in [6.45, 7) is 5.48. The summed E-state index contributed by atoms with van der Waals surface area (Å²) in [5.41, 5.74) is 3.84. The predicted octanol–water partition coefficient (Wildman–Crippen LogP) is 4.86. The van der Waals surface area contributed by atoms with Crippen molar-refractivity contribution < 1.29 is 9.53 Å². The average Bonchev–Trinajstić information content (AvgIpc) is 3.44. The Morgan fingerprint density at radius 2 is 2.03 bits per heavy atom. The Bertz CT molecular complexity index is 1130. The third-order valence-electron chi connectivity index (χ3n) is 5.08. The number of aromatic nitrogens is 3. The van der Waals surface area contributed by atoms with Crippen molar-refractivity contribution in [1.82, 2.24) is 14.5 Å². The number of fused-ring (bicyclic) bond motifs is 1. The molecule has 0 unspecified atom stereocenters. The van der Waals surface area contributed by atoms with Gasteiger partial charge in [-0.3, -0.25) is 9.69 Å². The van der Waals surface area contributed by atoms with Crippen LogP contribution in [0.5, 0.6) is 5.75 Å². The smallest absolute Gasteiger partial charge is 0.260 e. The molecule has 0 saturated carbocycles. The summed E-state index contributed by atoms with van der Waals surface area (Å²) in [5, 5.41) is 0.723. The number of methoxy groups -OCH3 is 1. The zero-order valence-electron chi connectivity index (χ0n) is 17.3. The van der Waals surface area contributed by atoms with Gasteiger partial charge in [0.2, 0.25) is 0 Å². The van der Waals surface area contributed by atoms with Crippen LogP contribution in [0.25, 0.3) is 10.2 Å². The minimum atomic E-state index is -0.0751. The van der Waals surface area contributed by atoms with Crippen LogP contribution in [0.4, 0.5) is 5.13 Å². The van der Waals surface area contributed by atoms with E-state index in [9.17, 15) is 4.79 Å². The Morgan fingerprint density at radius 3 is 2.77 bits per heavy atom. The lowest BCUT2D eigenvalue weighted by molar-refractivity contribution is 0.0986. The van der Waals surface area contributed by atoms with Crippen molar-refractivity contribution in [3.8, 4) is 5.75 Å². The molecule has 0 N–H and O–H groups in total. The van der Waals surface area contributed by atoms with E-state index >= 15 is 0 Å². The molecule has 2 aromatic carbocycles. The van der Waals surface area contributed by atoms with Gasteiger partial charge in [-0.05, 0) is 49.6 Å². The Balaban J connectivity index is 1.68. The molecule has 6 nitrogen and oxygen atoms in total. The fourth-order valence-electron chi connectivity index (χ4n) is 3.39. The molecule has 4 aromatic rings. The Labute approximate surface area is 179 Å². The number of hydrogen-bond donors (Lipinski definition) is 0. The number of rotatable bonds is 7. The molecule has 0 aliphatic heterocycles. The van der Waals surface area contributed by atoms with Crippen LogP contribution in [-0.2, 0) is 6.54 Å². The summed E-state index contributed by atoms with van der Waals surface area (Å²) in [6, 6.07) is 11.4. The number of carbonyl (C=O) groups is 1. The van der Waals surface area contributed by atoms with E-state index < -0.39 is 0 Å². The van der Waals surface area contributed by atoms with E-state index in [-0.39, 0.29) is 5.91 Å². The van der Waals surface area contributed by atoms with Crippen molar-refractivity contribution in [2.75, 3.05) is 18.6 Å². The molecule has 0 spiro atoms. The Morgan fingerprint density at radius 1 is 1.20 bits per heavy atom. The predicted molar refractivity (Wildman–Crippen MR) is 121 cm³/mol. The molecule has 0 atom stereocenters. The molecule has 4 rings (SSSR count). The van der Waals surface area contributed by atoms with E-state index in [1.807, 2.05) is 29.0 Å². The topological polar surface area (TPSA) is 60.2 Å². The van der Waals surface area contributed by atoms with Gasteiger partial charge in [-0.1, -0.05) is 29.5 Å². The first-order valence-electron chi connectivity index (χ1n) is 9.85. The SMILES string of the molecule is COc1cccc(C(=O)N(CCCn2ccnc2)c2nc3c(C)ccc(C)c3s2)c1. The van der Waals surface area contributed by atoms with Gasteiger partial charge in [0.1, 0.15) is 5.75 Å². The van der Waals surface area contributed by atoms with E-state index in [0.29, 0.717) is 17.9 Å². The molecule has 30 heavy (non-hydrogen) atoms. The van der Waals surface area contributed by atoms with E-state index in [4.69, 9.17) is 9.72 Å². The highest BCUT2D eigenvalue weighted by atomic mass is 32.1. The molecular weight excluding hydrogens is 396 g/mol. The van der Waals surface area contributed by atoms with E-state index in [2.05, 4.69) is 31.0 Å². The van der Waals surface area contributed by atoms with Crippen molar-refractivity contribution in [1.29, 1.82) is 0 Å². The van der Waals surface area contributed by atoms with Gasteiger partial charge in [0.05, 0.1) is 23.7 Å². The maximum absolute atomic E-state index is 13.5. The fraction of sp³-hybridized carbons (Fsp3) is 0.261. The van der Waals surface area contributed by atoms with Crippen molar-refractivity contribution in [2.45, 2.75) is 26.8 Å². The number of aryl methyl sites for hydroxylation is 3. The zero-order valence-corrected chi connectivity index (χ0v) is 18.1. The van der Waals surface area contributed by atoms with E-state index in [1.54, 1.807) is 41.9 Å². The molecule has 2 heterocycles. The first-order valence-corrected chi connectivity index (χ1v) is 10.7. The van der Waals surface area contributed by atoms with Crippen molar-refractivity contribution in [3.63, 3.8) is 0 Å². The first kappa shape index (κ1) is 20.1. The quantitative estimate of drug-likeness (QED) is 0.429. The molecule has 0 bridgehead atoms. The molecule has 0 aliphatic carbocycles. The molecule has 7 heteroatoms. The summed E-state index contributed by atoms with van der Waals surface area (Å²) >= 11 is 1.57. The molecule has 2 aromatic heterocycles. The van der Waals surface area contributed by atoms with Crippen molar-refractivity contribution in [2.24, 2.45) is 0 Å². The normalized spacial score (nSPS) is 11.0. The summed E-state index contributed by atoms with van der Waals surface area (Å²) in [6.07, 6.45) is 6.27. The van der Waals surface area contributed by atoms with Gasteiger partial charge in [0.15, 0.2) is 5.13 Å². The van der Waals surface area contributed by atoms with Gasteiger partial charge in [-0.2, -0.15) is 0 Å². The van der Waals surface area contributed by atoms with Crippen LogP contribution >= 0.6 is 11.3 Å². The minimum absolute atomic E-state index is 0.0751. The van der Waals surface area contributed by atoms with Crippen LogP contribution in [0.15, 0.2) is 55.1 Å². The number of imidazole rings is 1. The van der Waals surface area contributed by atoms with Crippen molar-refractivity contribution in [3.05, 3.63) is 71.8 Å². The van der Waals surface area contributed by atoms with Crippen LogP contribution in [0.1, 0.15) is 27.9 Å². The number of nitrogens with zero attached hydrogens (tertiary/aromatic N) is 4. The second kappa shape index (κ2) is 8.67. The number of hydrogen-bond acceptors (Lipinski definition) is 5. The number of thiazole rings is 1. The van der Waals surface area contributed by atoms with Crippen LogP contribution in [0.2, 0.25) is 0 Å². The highest BCUT2D eigenvalue weighted by Crippen LogP contribution is 2.34. The summed E-state index contributed by atoms with van der Waals surface area (Å²) in [5.74, 6) is 0.587. The molecular formula is C23H24N4O2S. The Kier molecular flexibility index (Phi) is 5.81. The summed E-state index contributed by atoms with van der Waals surface area (Å²) in [4.78, 5) is 24.2. The van der Waals surface area contributed by atoms with Crippen LogP contribution in [0, 0.1) is 13.8 Å². The number of benzene rings is 2. The molecule has 0 aliphatic rings. The number of anilines is 1. The highest BCUT2D eigenvalue weighted by Gasteiger charge is 2.22. The van der Waals surface area contributed by atoms with Crippen LogP contribution < -0.4 is 9.64 Å². The monoisotopic (exact) mass is 420 g/mol. The van der Waals surface area contributed by atoms with Gasteiger partial charge in [-0.25, -0.2) is 9.97 Å². The summed E-state index contributed by atoms with van der Waals surface area (Å²) < 4.78 is 8.45.